The molecule has 0 saturated carbocycles. The Balaban J connectivity index is 0.00000105. The summed E-state index contributed by atoms with van der Waals surface area (Å²) in [6.45, 7) is 30.4. The average molecular weight is 1340 g/mol. The monoisotopic (exact) mass is 1340 g/mol. The quantitative estimate of drug-likeness (QED) is 0.0278. The van der Waals surface area contributed by atoms with E-state index in [1.165, 1.54) is 85.9 Å². The maximum absolute atomic E-state index is 11.7. The number of alkyl halides is 1. The molecule has 0 aliphatic rings. The molecule has 84 heavy (non-hydrogen) atoms. The van der Waals surface area contributed by atoms with Gasteiger partial charge in [0.15, 0.2) is 0 Å². The van der Waals surface area contributed by atoms with E-state index in [-0.39, 0.29) is 23.4 Å². The van der Waals surface area contributed by atoms with Crippen LogP contribution in [0.1, 0.15) is 152 Å². The Kier molecular flexibility index (Phi) is 40.4. The van der Waals surface area contributed by atoms with Crippen molar-refractivity contribution < 1.29 is 43.9 Å². The minimum Gasteiger partial charge on any atom is -0.508 e. The van der Waals surface area contributed by atoms with Gasteiger partial charge in [-0.1, -0.05) is 217 Å². The molecule has 0 heterocycles. The van der Waals surface area contributed by atoms with Crippen molar-refractivity contribution >= 4 is 71.8 Å². The molecule has 0 atom stereocenters. The van der Waals surface area contributed by atoms with Crippen molar-refractivity contribution in [3.63, 3.8) is 0 Å². The summed E-state index contributed by atoms with van der Waals surface area (Å²) >= 11 is 10.2. The molecule has 458 valence electrons. The molecular weight excluding hydrogens is 1250 g/mol. The number of phenolic OH excluding ortho intramolecular Hbond substituents is 1. The molecule has 12 heteroatoms. The molecule has 0 amide bonds. The Bertz CT molecular complexity index is 2670. The standard InChI is InChI=1S/C24H30O3.C17H19Br.C12H9BrO.2C7H12O2.C5H11Br.H2O/c1-5-6-7-18-26-22-15-13-21(14-16-22)20-11-8-19(9-12-20)10-17-23(25)27-24(2,3)4;1-2-3-4-5-14-6-8-15(9-7-14)16-10-12-17(18)13-11-16;13-11-5-1-9(2-6-11)10-3-7-12(14)8-4-10;2*1-5-6(8)9-7(2,3)4;1-2-3-4-5-6;/h8-17H,5-7,18H2,1-4H3;6-13H,2-5H2,1H3;1-8,14H;2*5H,1H2,2-4H3;2-5H2,1H3;1H2. The number of halogens is 3. The van der Waals surface area contributed by atoms with Crippen molar-refractivity contribution in [1.29, 1.82) is 0 Å². The summed E-state index contributed by atoms with van der Waals surface area (Å²) in [5, 5.41) is 10.3. The lowest BCUT2D eigenvalue weighted by Gasteiger charge is -2.17. The fourth-order valence-electron chi connectivity index (χ4n) is 6.99. The number of hydrogen-bond acceptors (Lipinski definition) is 8. The number of aromatic hydroxyl groups is 1. The Morgan fingerprint density at radius 1 is 0.464 bits per heavy atom. The smallest absolute Gasteiger partial charge is 0.331 e. The molecule has 6 aromatic carbocycles. The van der Waals surface area contributed by atoms with E-state index < -0.39 is 16.8 Å². The summed E-state index contributed by atoms with van der Waals surface area (Å²) in [6.07, 6.45) is 18.2. The molecule has 0 aliphatic heterocycles. The summed E-state index contributed by atoms with van der Waals surface area (Å²) in [5.41, 5.74) is 8.22. The van der Waals surface area contributed by atoms with E-state index in [0.29, 0.717) is 5.75 Å². The molecule has 0 unspecified atom stereocenters. The first-order valence-corrected chi connectivity index (χ1v) is 31.4. The van der Waals surface area contributed by atoms with Gasteiger partial charge in [0.05, 0.1) is 6.61 Å². The van der Waals surface area contributed by atoms with Crippen LogP contribution in [0.25, 0.3) is 39.5 Å². The Morgan fingerprint density at radius 2 is 0.798 bits per heavy atom. The molecule has 3 N–H and O–H groups in total. The summed E-state index contributed by atoms with van der Waals surface area (Å²) in [7, 11) is 0. The molecule has 0 aromatic heterocycles. The zero-order chi connectivity index (χ0) is 62.3. The topological polar surface area (TPSA) is 140 Å². The van der Waals surface area contributed by atoms with Crippen LogP contribution >= 0.6 is 47.8 Å². The van der Waals surface area contributed by atoms with Crippen molar-refractivity contribution in [2.75, 3.05) is 11.9 Å². The predicted octanol–water partition coefficient (Wildman–Crippen LogP) is 20.7. The summed E-state index contributed by atoms with van der Waals surface area (Å²) in [4.78, 5) is 32.7. The lowest BCUT2D eigenvalue weighted by atomic mass is 10.0. The van der Waals surface area contributed by atoms with Crippen LogP contribution < -0.4 is 4.74 Å². The number of esters is 3. The number of aryl methyl sites for hydroxylation is 1. The first-order valence-electron chi connectivity index (χ1n) is 28.7. The van der Waals surface area contributed by atoms with Gasteiger partial charge in [0.1, 0.15) is 28.3 Å². The van der Waals surface area contributed by atoms with Gasteiger partial charge in [0.2, 0.25) is 0 Å². The highest BCUT2D eigenvalue weighted by molar-refractivity contribution is 9.10. The van der Waals surface area contributed by atoms with Gasteiger partial charge >= 0.3 is 17.9 Å². The van der Waals surface area contributed by atoms with Crippen molar-refractivity contribution in [1.82, 2.24) is 0 Å². The van der Waals surface area contributed by atoms with Crippen LogP contribution in [0.2, 0.25) is 0 Å². The van der Waals surface area contributed by atoms with Crippen LogP contribution in [-0.2, 0) is 35.0 Å². The van der Waals surface area contributed by atoms with Crippen LogP contribution in [0.15, 0.2) is 186 Å². The number of rotatable bonds is 19. The lowest BCUT2D eigenvalue weighted by molar-refractivity contribution is -0.149. The molecule has 0 bridgehead atoms. The molecule has 6 rings (SSSR count). The lowest BCUT2D eigenvalue weighted by Crippen LogP contribution is -2.22. The fourth-order valence-corrected chi connectivity index (χ4v) is 7.91. The number of unbranched alkanes of at least 4 members (excludes halogenated alkanes) is 6. The van der Waals surface area contributed by atoms with Crippen molar-refractivity contribution in [2.24, 2.45) is 0 Å². The number of benzene rings is 6. The number of hydrogen-bond donors (Lipinski definition) is 1. The van der Waals surface area contributed by atoms with Crippen molar-refractivity contribution in [3.8, 4) is 44.9 Å². The highest BCUT2D eigenvalue weighted by Gasteiger charge is 2.15. The second kappa shape index (κ2) is 43.6. The molecule has 0 fully saturated rings. The van der Waals surface area contributed by atoms with E-state index in [0.717, 1.165) is 67.7 Å². The molecule has 0 saturated heterocycles. The third-order valence-electron chi connectivity index (χ3n) is 11.1. The zero-order valence-electron chi connectivity index (χ0n) is 52.0. The van der Waals surface area contributed by atoms with Gasteiger partial charge in [-0.05, 0) is 187 Å². The number of ether oxygens (including phenoxy) is 4. The van der Waals surface area contributed by atoms with Gasteiger partial charge in [-0.2, -0.15) is 0 Å². The van der Waals surface area contributed by atoms with Gasteiger partial charge in [-0.25, -0.2) is 14.4 Å². The van der Waals surface area contributed by atoms with E-state index in [1.54, 1.807) is 18.2 Å². The van der Waals surface area contributed by atoms with Gasteiger partial charge in [0.25, 0.3) is 0 Å². The van der Waals surface area contributed by atoms with E-state index >= 15 is 0 Å². The molecule has 6 aromatic rings. The highest BCUT2D eigenvalue weighted by Crippen LogP contribution is 2.26. The maximum atomic E-state index is 11.7. The van der Waals surface area contributed by atoms with E-state index in [9.17, 15) is 14.4 Å². The third-order valence-corrected chi connectivity index (χ3v) is 12.7. The fraction of sp³-hybridized carbons (Fsp3) is 0.375. The molecule has 0 radical (unpaired) electrons. The van der Waals surface area contributed by atoms with E-state index in [2.05, 4.69) is 142 Å². The first kappa shape index (κ1) is 78.0. The maximum Gasteiger partial charge on any atom is 0.331 e. The minimum absolute atomic E-state index is 0. The number of carbonyl (C=O) groups excluding carboxylic acids is 3. The number of phenols is 1. The summed E-state index contributed by atoms with van der Waals surface area (Å²) < 4.78 is 22.9. The second-order valence-electron chi connectivity index (χ2n) is 22.2. The van der Waals surface area contributed by atoms with Crippen LogP contribution in [0, 0.1) is 0 Å². The highest BCUT2D eigenvalue weighted by atomic mass is 79.9. The van der Waals surface area contributed by atoms with Crippen LogP contribution in [-0.4, -0.2) is 57.2 Å². The van der Waals surface area contributed by atoms with E-state index in [1.807, 2.05) is 135 Å². The van der Waals surface area contributed by atoms with Gasteiger partial charge in [-0.3, -0.25) is 0 Å². The van der Waals surface area contributed by atoms with Crippen LogP contribution in [0.5, 0.6) is 11.5 Å². The van der Waals surface area contributed by atoms with Crippen molar-refractivity contribution in [3.05, 3.63) is 197 Å². The second-order valence-corrected chi connectivity index (χ2v) is 24.8. The summed E-state index contributed by atoms with van der Waals surface area (Å²) in [5.74, 6) is 0.128. The Hall–Kier alpha value is -6.05. The Labute approximate surface area is 530 Å². The summed E-state index contributed by atoms with van der Waals surface area (Å²) in [6, 6.07) is 48.9. The third kappa shape index (κ3) is 39.5. The zero-order valence-corrected chi connectivity index (χ0v) is 56.8. The largest absolute Gasteiger partial charge is 0.508 e. The van der Waals surface area contributed by atoms with Crippen molar-refractivity contribution in [2.45, 2.75) is 164 Å². The van der Waals surface area contributed by atoms with Crippen LogP contribution in [0.4, 0.5) is 0 Å². The van der Waals surface area contributed by atoms with E-state index in [4.69, 9.17) is 24.1 Å². The van der Waals surface area contributed by atoms with Gasteiger partial charge in [0, 0.05) is 32.5 Å². The predicted molar refractivity (Wildman–Crippen MR) is 365 cm³/mol. The SMILES string of the molecule is C=CC(=O)OC(C)(C)C.C=CC(=O)OC(C)(C)C.CCCCCBr.CCCCCOc1ccc(-c2ccc(C=CC(=O)OC(C)(C)C)cc2)cc1.CCCCCc1ccc(-c2ccc(Br)cc2)cc1.O.Oc1ccc(-c2ccc(Br)cc2)cc1. The van der Waals surface area contributed by atoms with Crippen LogP contribution in [0.3, 0.4) is 0 Å². The normalized spacial score (nSPS) is 10.6. The molecule has 0 spiro atoms. The van der Waals surface area contributed by atoms with Gasteiger partial charge in [-0.15, -0.1) is 0 Å². The number of carbonyl (C=O) groups is 3. The first-order chi connectivity index (χ1) is 39.2. The minimum atomic E-state index is -0.475. The Morgan fingerprint density at radius 3 is 1.14 bits per heavy atom. The molecular formula is C72H95Br3O9. The average Bonchev–Trinajstić information content (AvgIpc) is 3.49. The molecule has 0 aliphatic carbocycles. The molecule has 9 nitrogen and oxygen atoms in total. The van der Waals surface area contributed by atoms with Gasteiger partial charge < -0.3 is 29.5 Å².